The number of carboxylic acids is 1. The molecule has 1 fully saturated rings. The van der Waals surface area contributed by atoms with Crippen LogP contribution in [0.1, 0.15) is 50.2 Å². The highest BCUT2D eigenvalue weighted by Crippen LogP contribution is 2.44. The van der Waals surface area contributed by atoms with Gasteiger partial charge in [-0.05, 0) is 28.2 Å². The Hall–Kier alpha value is -3.39. The molecule has 3 N–H and O–H groups in total. The van der Waals surface area contributed by atoms with Gasteiger partial charge in [0, 0.05) is 38.0 Å². The average molecular weight is 481 g/mol. The lowest BCUT2D eigenvalue weighted by atomic mass is 9.88. The van der Waals surface area contributed by atoms with Crippen LogP contribution in [-0.4, -0.2) is 54.5 Å². The van der Waals surface area contributed by atoms with Gasteiger partial charge in [0.2, 0.25) is 5.91 Å². The van der Waals surface area contributed by atoms with Crippen LogP contribution in [0.15, 0.2) is 48.5 Å². The Labute approximate surface area is 205 Å². The first-order valence-corrected chi connectivity index (χ1v) is 12.0. The Kier molecular flexibility index (Phi) is 7.40. The molecule has 8 heteroatoms. The summed E-state index contributed by atoms with van der Waals surface area (Å²) >= 11 is 0. The van der Waals surface area contributed by atoms with Gasteiger partial charge in [0.25, 0.3) is 0 Å². The van der Waals surface area contributed by atoms with Gasteiger partial charge in [-0.15, -0.1) is 0 Å². The van der Waals surface area contributed by atoms with Gasteiger partial charge in [-0.2, -0.15) is 0 Å². The van der Waals surface area contributed by atoms with Gasteiger partial charge in [-0.1, -0.05) is 62.4 Å². The highest BCUT2D eigenvalue weighted by atomic mass is 16.5. The van der Waals surface area contributed by atoms with Gasteiger partial charge >= 0.3 is 12.1 Å². The van der Waals surface area contributed by atoms with E-state index in [1.807, 2.05) is 50.2 Å². The van der Waals surface area contributed by atoms with Crippen molar-refractivity contribution in [3.8, 4) is 11.1 Å². The first-order valence-electron chi connectivity index (χ1n) is 12.0. The number of benzene rings is 2. The maximum atomic E-state index is 13.3. The van der Waals surface area contributed by atoms with E-state index >= 15 is 0 Å². The number of nitrogens with one attached hydrogen (secondary N) is 2. The van der Waals surface area contributed by atoms with Crippen LogP contribution >= 0.6 is 0 Å². The number of hydrogen-bond donors (Lipinski definition) is 3. The standard InChI is InChI=1S/C27H32N2O6/c1-17(2)23(15-24(30)31)28-25(32)27(11-13-34-14-12-27)29-26(33)35-16-22-20-9-5-3-7-18(20)19-8-4-6-10-21(19)22/h3-10,17,22-23H,11-16H2,1-2H3,(H,28,32)(H,29,33)(H,30,31). The minimum atomic E-state index is -1.22. The predicted octanol–water partition coefficient (Wildman–Crippen LogP) is 3.69. The molecular weight excluding hydrogens is 448 g/mol. The van der Waals surface area contributed by atoms with Gasteiger partial charge in [0.15, 0.2) is 0 Å². The monoisotopic (exact) mass is 480 g/mol. The summed E-state index contributed by atoms with van der Waals surface area (Å²) in [5.41, 5.74) is 3.26. The maximum absolute atomic E-state index is 13.3. The zero-order valence-corrected chi connectivity index (χ0v) is 20.1. The molecule has 2 aromatic carbocycles. The second-order valence-electron chi connectivity index (χ2n) is 9.57. The molecule has 186 valence electrons. The highest BCUT2D eigenvalue weighted by Gasteiger charge is 2.43. The molecule has 1 heterocycles. The van der Waals surface area contributed by atoms with Crippen LogP contribution in [0.25, 0.3) is 11.1 Å². The normalized spacial score (nSPS) is 17.2. The molecule has 1 aliphatic carbocycles. The predicted molar refractivity (Wildman–Crippen MR) is 130 cm³/mol. The minimum Gasteiger partial charge on any atom is -0.481 e. The second kappa shape index (κ2) is 10.5. The largest absolute Gasteiger partial charge is 0.481 e. The third kappa shape index (κ3) is 5.32. The van der Waals surface area contributed by atoms with Crippen molar-refractivity contribution < 1.29 is 29.0 Å². The zero-order chi connectivity index (χ0) is 25.0. The molecule has 1 saturated heterocycles. The van der Waals surface area contributed by atoms with Gasteiger partial charge in [-0.3, -0.25) is 9.59 Å². The lowest BCUT2D eigenvalue weighted by Crippen LogP contribution is -2.63. The number of carbonyl (C=O) groups excluding carboxylic acids is 2. The minimum absolute atomic E-state index is 0.0820. The summed E-state index contributed by atoms with van der Waals surface area (Å²) in [7, 11) is 0. The van der Waals surface area contributed by atoms with Crippen LogP contribution in [0.5, 0.6) is 0 Å². The van der Waals surface area contributed by atoms with Crippen molar-refractivity contribution >= 4 is 18.0 Å². The molecule has 0 aromatic heterocycles. The van der Waals surface area contributed by atoms with E-state index < -0.39 is 29.6 Å². The molecule has 2 amide bonds. The SMILES string of the molecule is CC(C)C(CC(=O)O)NC(=O)C1(NC(=O)OCC2c3ccccc3-c3ccccc32)CCOCC1. The Morgan fingerprint density at radius 1 is 1.03 bits per heavy atom. The van der Waals surface area contributed by atoms with Crippen LogP contribution in [0.2, 0.25) is 0 Å². The summed E-state index contributed by atoms with van der Waals surface area (Å²) in [6.45, 7) is 4.46. The van der Waals surface area contributed by atoms with Crippen molar-refractivity contribution in [2.24, 2.45) is 5.92 Å². The van der Waals surface area contributed by atoms with Crippen LogP contribution in [0.4, 0.5) is 4.79 Å². The van der Waals surface area contributed by atoms with E-state index in [-0.39, 0.29) is 37.7 Å². The second-order valence-corrected chi connectivity index (χ2v) is 9.57. The Morgan fingerprint density at radius 2 is 1.60 bits per heavy atom. The van der Waals surface area contributed by atoms with Crippen LogP contribution in [-0.2, 0) is 19.1 Å². The van der Waals surface area contributed by atoms with Gasteiger partial charge in [0.1, 0.15) is 12.1 Å². The molecule has 0 saturated carbocycles. The van der Waals surface area contributed by atoms with Crippen LogP contribution in [0.3, 0.4) is 0 Å². The zero-order valence-electron chi connectivity index (χ0n) is 20.1. The summed E-state index contributed by atoms with van der Waals surface area (Å²) < 4.78 is 11.1. The number of carbonyl (C=O) groups is 3. The molecule has 1 atom stereocenters. The third-order valence-corrected chi connectivity index (χ3v) is 6.98. The number of aliphatic carboxylic acids is 1. The molecule has 35 heavy (non-hydrogen) atoms. The van der Waals surface area contributed by atoms with Crippen molar-refractivity contribution in [3.05, 3.63) is 59.7 Å². The van der Waals surface area contributed by atoms with E-state index in [9.17, 15) is 19.5 Å². The van der Waals surface area contributed by atoms with E-state index in [0.717, 1.165) is 22.3 Å². The van der Waals surface area contributed by atoms with Crippen molar-refractivity contribution in [3.63, 3.8) is 0 Å². The summed E-state index contributed by atoms with van der Waals surface area (Å²) in [6.07, 6.45) is -0.314. The van der Waals surface area contributed by atoms with E-state index in [1.165, 1.54) is 0 Å². The number of hydrogen-bond acceptors (Lipinski definition) is 5. The molecule has 4 rings (SSSR count). The maximum Gasteiger partial charge on any atom is 0.408 e. The van der Waals surface area contributed by atoms with Crippen molar-refractivity contribution in [1.29, 1.82) is 0 Å². The van der Waals surface area contributed by atoms with E-state index in [4.69, 9.17) is 9.47 Å². The number of amides is 2. The molecule has 8 nitrogen and oxygen atoms in total. The van der Waals surface area contributed by atoms with E-state index in [1.54, 1.807) is 0 Å². The topological polar surface area (TPSA) is 114 Å². The summed E-state index contributed by atoms with van der Waals surface area (Å²) in [4.78, 5) is 37.5. The highest BCUT2D eigenvalue weighted by molar-refractivity contribution is 5.90. The number of rotatable bonds is 8. The summed E-state index contributed by atoms with van der Waals surface area (Å²) in [6, 6.07) is 15.6. The van der Waals surface area contributed by atoms with E-state index in [0.29, 0.717) is 13.2 Å². The molecule has 0 bridgehead atoms. The molecular formula is C27H32N2O6. The first-order chi connectivity index (χ1) is 16.8. The van der Waals surface area contributed by atoms with Crippen molar-refractivity contribution in [2.45, 2.75) is 50.6 Å². The van der Waals surface area contributed by atoms with Gasteiger partial charge < -0.3 is 25.2 Å². The molecule has 2 aliphatic rings. The van der Waals surface area contributed by atoms with Crippen LogP contribution in [0, 0.1) is 5.92 Å². The lowest BCUT2D eigenvalue weighted by Gasteiger charge is -2.37. The fourth-order valence-electron chi connectivity index (χ4n) is 4.91. The Balaban J connectivity index is 1.46. The van der Waals surface area contributed by atoms with Gasteiger partial charge in [0.05, 0.1) is 6.42 Å². The Morgan fingerprint density at radius 3 is 2.14 bits per heavy atom. The smallest absolute Gasteiger partial charge is 0.408 e. The van der Waals surface area contributed by atoms with Crippen molar-refractivity contribution in [2.75, 3.05) is 19.8 Å². The van der Waals surface area contributed by atoms with E-state index in [2.05, 4.69) is 22.8 Å². The summed E-state index contributed by atoms with van der Waals surface area (Å²) in [5, 5.41) is 14.9. The van der Waals surface area contributed by atoms with Gasteiger partial charge in [-0.25, -0.2) is 4.79 Å². The quantitative estimate of drug-likeness (QED) is 0.531. The number of alkyl carbamates (subject to hydrolysis) is 1. The number of carboxylic acid groups (broad SMARTS) is 1. The first kappa shape index (κ1) is 24.7. The molecule has 0 radical (unpaired) electrons. The number of ether oxygens (including phenoxy) is 2. The number of fused-ring (bicyclic) bond motifs is 3. The lowest BCUT2D eigenvalue weighted by molar-refractivity contribution is -0.138. The Bertz CT molecular complexity index is 1050. The third-order valence-electron chi connectivity index (χ3n) is 6.98. The molecule has 1 unspecified atom stereocenters. The molecule has 2 aromatic rings. The van der Waals surface area contributed by atoms with Crippen molar-refractivity contribution in [1.82, 2.24) is 10.6 Å². The summed E-state index contributed by atoms with van der Waals surface area (Å²) in [5.74, 6) is -1.57. The molecule has 0 spiro atoms. The average Bonchev–Trinajstić information content (AvgIpc) is 3.16. The molecule has 1 aliphatic heterocycles. The fraction of sp³-hybridized carbons (Fsp3) is 0.444. The van der Waals surface area contributed by atoms with Crippen LogP contribution < -0.4 is 10.6 Å². The fourth-order valence-corrected chi connectivity index (χ4v) is 4.91.